The molecule has 7 nitrogen and oxygen atoms in total. The summed E-state index contributed by atoms with van der Waals surface area (Å²) in [6.45, 7) is 5.97. The highest BCUT2D eigenvalue weighted by atomic mass is 19.1. The second-order valence-electron chi connectivity index (χ2n) is 8.45. The number of amides is 1. The first-order valence-electron chi connectivity index (χ1n) is 11.3. The SMILES string of the molecule is C=C(C)c1ccc(-c2ccc3c(Nc4cc(CC(=O)Nc5cccc(F)c5)[nH]n4)ncnc3c2)cc1. The number of nitrogens with zero attached hydrogens (tertiary/aromatic N) is 3. The molecule has 0 spiro atoms. The third-order valence-corrected chi connectivity index (χ3v) is 5.68. The maximum absolute atomic E-state index is 13.3. The zero-order valence-corrected chi connectivity index (χ0v) is 19.5. The highest BCUT2D eigenvalue weighted by Gasteiger charge is 2.11. The van der Waals surface area contributed by atoms with Crippen LogP contribution in [0, 0.1) is 5.82 Å². The Balaban J connectivity index is 1.30. The van der Waals surface area contributed by atoms with Crippen molar-refractivity contribution in [2.75, 3.05) is 10.6 Å². The second-order valence-corrected chi connectivity index (χ2v) is 8.45. The van der Waals surface area contributed by atoms with Gasteiger partial charge in [-0.2, -0.15) is 5.10 Å². The van der Waals surface area contributed by atoms with Gasteiger partial charge in [0.1, 0.15) is 18.0 Å². The number of fused-ring (bicyclic) bond motifs is 1. The molecule has 0 saturated carbocycles. The Morgan fingerprint density at radius 3 is 2.58 bits per heavy atom. The molecule has 2 aromatic heterocycles. The lowest BCUT2D eigenvalue weighted by atomic mass is 10.0. The maximum Gasteiger partial charge on any atom is 0.230 e. The Labute approximate surface area is 207 Å². The van der Waals surface area contributed by atoms with Crippen LogP contribution in [0.15, 0.2) is 85.7 Å². The molecule has 0 radical (unpaired) electrons. The Hall–Kier alpha value is -4.85. The van der Waals surface area contributed by atoms with E-state index in [1.807, 2.05) is 25.1 Å². The van der Waals surface area contributed by atoms with E-state index >= 15 is 0 Å². The van der Waals surface area contributed by atoms with E-state index in [4.69, 9.17) is 0 Å². The van der Waals surface area contributed by atoms with E-state index in [1.165, 1.54) is 24.5 Å². The van der Waals surface area contributed by atoms with Crippen molar-refractivity contribution in [2.45, 2.75) is 13.3 Å². The van der Waals surface area contributed by atoms with Crippen molar-refractivity contribution in [3.63, 3.8) is 0 Å². The first-order chi connectivity index (χ1) is 17.4. The molecule has 5 rings (SSSR count). The molecular formula is C28H23FN6O. The van der Waals surface area contributed by atoms with Crippen LogP contribution in [0.2, 0.25) is 0 Å². The number of carbonyl (C=O) groups excluding carboxylic acids is 1. The molecule has 3 N–H and O–H groups in total. The highest BCUT2D eigenvalue weighted by Crippen LogP contribution is 2.28. The van der Waals surface area contributed by atoms with Gasteiger partial charge in [0.2, 0.25) is 5.91 Å². The van der Waals surface area contributed by atoms with Crippen molar-refractivity contribution in [1.82, 2.24) is 20.2 Å². The second kappa shape index (κ2) is 9.79. The van der Waals surface area contributed by atoms with E-state index in [0.717, 1.165) is 33.2 Å². The van der Waals surface area contributed by atoms with Crippen LogP contribution in [0.3, 0.4) is 0 Å². The topological polar surface area (TPSA) is 95.6 Å². The predicted octanol–water partition coefficient (Wildman–Crippen LogP) is 6.12. The van der Waals surface area contributed by atoms with Crippen LogP contribution in [0.5, 0.6) is 0 Å². The molecule has 0 aliphatic rings. The van der Waals surface area contributed by atoms with Crippen LogP contribution in [0.4, 0.5) is 21.7 Å². The van der Waals surface area contributed by atoms with E-state index in [0.29, 0.717) is 23.0 Å². The number of allylic oxidation sites excluding steroid dienone is 1. The summed E-state index contributed by atoms with van der Waals surface area (Å²) in [5.41, 5.74) is 6.06. The molecule has 8 heteroatoms. The lowest BCUT2D eigenvalue weighted by molar-refractivity contribution is -0.115. The third kappa shape index (κ3) is 5.12. The van der Waals surface area contributed by atoms with Crippen molar-refractivity contribution in [3.05, 3.63) is 103 Å². The summed E-state index contributed by atoms with van der Waals surface area (Å²) in [6.07, 6.45) is 1.56. The lowest BCUT2D eigenvalue weighted by Crippen LogP contribution is -2.14. The van der Waals surface area contributed by atoms with Crippen LogP contribution >= 0.6 is 0 Å². The number of halogens is 1. The molecule has 0 unspecified atom stereocenters. The summed E-state index contributed by atoms with van der Waals surface area (Å²) in [6, 6.07) is 21.8. The van der Waals surface area contributed by atoms with E-state index in [1.54, 1.807) is 12.1 Å². The summed E-state index contributed by atoms with van der Waals surface area (Å²) in [5.74, 6) is 0.423. The Morgan fingerprint density at radius 1 is 1.00 bits per heavy atom. The molecule has 0 atom stereocenters. The van der Waals surface area contributed by atoms with Gasteiger partial charge in [0, 0.05) is 22.8 Å². The van der Waals surface area contributed by atoms with Crippen molar-refractivity contribution in [2.24, 2.45) is 0 Å². The van der Waals surface area contributed by atoms with Crippen molar-refractivity contribution in [3.8, 4) is 11.1 Å². The summed E-state index contributed by atoms with van der Waals surface area (Å²) < 4.78 is 13.3. The summed E-state index contributed by atoms with van der Waals surface area (Å²) in [5, 5.41) is 13.8. The number of benzene rings is 3. The van der Waals surface area contributed by atoms with Crippen LogP contribution in [-0.4, -0.2) is 26.1 Å². The minimum absolute atomic E-state index is 0.0588. The van der Waals surface area contributed by atoms with Gasteiger partial charge in [-0.15, -0.1) is 0 Å². The monoisotopic (exact) mass is 478 g/mol. The summed E-state index contributed by atoms with van der Waals surface area (Å²) in [7, 11) is 0. The standard InChI is InChI=1S/C28H23FN6O/c1-17(2)18-6-8-19(9-7-18)20-10-11-24-25(12-20)30-16-31-28(24)33-26-14-23(34-35-26)15-27(36)32-22-5-3-4-21(29)13-22/h3-14,16H,1,15H2,2H3,(H,32,36)(H2,30,31,33,34,35). The first-order valence-corrected chi connectivity index (χ1v) is 11.3. The molecule has 1 amide bonds. The van der Waals surface area contributed by atoms with Crippen LogP contribution in [0.1, 0.15) is 18.2 Å². The minimum Gasteiger partial charge on any atom is -0.326 e. The van der Waals surface area contributed by atoms with E-state index in [9.17, 15) is 9.18 Å². The van der Waals surface area contributed by atoms with Gasteiger partial charge in [0.05, 0.1) is 11.9 Å². The Morgan fingerprint density at radius 2 is 1.81 bits per heavy atom. The average molecular weight is 479 g/mol. The molecule has 5 aromatic rings. The van der Waals surface area contributed by atoms with Gasteiger partial charge in [0.15, 0.2) is 5.82 Å². The molecule has 0 aliphatic heterocycles. The largest absolute Gasteiger partial charge is 0.326 e. The number of rotatable bonds is 7. The van der Waals surface area contributed by atoms with Crippen molar-refractivity contribution in [1.29, 1.82) is 0 Å². The van der Waals surface area contributed by atoms with Crippen LogP contribution in [-0.2, 0) is 11.2 Å². The zero-order valence-electron chi connectivity index (χ0n) is 19.5. The normalized spacial score (nSPS) is 10.8. The first kappa shape index (κ1) is 22.9. The number of carbonyl (C=O) groups is 1. The Bertz CT molecular complexity index is 1580. The number of nitrogens with one attached hydrogen (secondary N) is 3. The van der Waals surface area contributed by atoms with Gasteiger partial charge in [-0.1, -0.05) is 48.6 Å². The number of hydrogen-bond acceptors (Lipinski definition) is 5. The number of aromatic amines is 1. The van der Waals surface area contributed by atoms with Gasteiger partial charge in [0.25, 0.3) is 0 Å². The number of aromatic nitrogens is 4. The van der Waals surface area contributed by atoms with Gasteiger partial charge in [-0.3, -0.25) is 9.89 Å². The van der Waals surface area contributed by atoms with Crippen LogP contribution < -0.4 is 10.6 Å². The van der Waals surface area contributed by atoms with Gasteiger partial charge in [-0.25, -0.2) is 14.4 Å². The van der Waals surface area contributed by atoms with Gasteiger partial charge < -0.3 is 10.6 Å². The quantitative estimate of drug-likeness (QED) is 0.262. The Kier molecular flexibility index (Phi) is 6.23. The fourth-order valence-electron chi connectivity index (χ4n) is 3.87. The zero-order chi connectivity index (χ0) is 25.1. The molecule has 0 bridgehead atoms. The highest BCUT2D eigenvalue weighted by molar-refractivity contribution is 5.94. The van der Waals surface area contributed by atoms with E-state index in [-0.39, 0.29) is 12.3 Å². The van der Waals surface area contributed by atoms with Gasteiger partial charge >= 0.3 is 0 Å². The van der Waals surface area contributed by atoms with Crippen molar-refractivity contribution < 1.29 is 9.18 Å². The van der Waals surface area contributed by atoms with E-state index in [2.05, 4.69) is 61.6 Å². The van der Waals surface area contributed by atoms with Crippen molar-refractivity contribution >= 4 is 39.7 Å². The fourth-order valence-corrected chi connectivity index (χ4v) is 3.87. The smallest absolute Gasteiger partial charge is 0.230 e. The molecule has 2 heterocycles. The average Bonchev–Trinajstić information content (AvgIpc) is 3.30. The van der Waals surface area contributed by atoms with Gasteiger partial charge in [-0.05, 0) is 53.9 Å². The molecular weight excluding hydrogens is 455 g/mol. The molecule has 0 fully saturated rings. The summed E-state index contributed by atoms with van der Waals surface area (Å²) in [4.78, 5) is 21.1. The third-order valence-electron chi connectivity index (χ3n) is 5.68. The fraction of sp³-hybridized carbons (Fsp3) is 0.0714. The van der Waals surface area contributed by atoms with E-state index < -0.39 is 5.82 Å². The maximum atomic E-state index is 13.3. The molecule has 0 aliphatic carbocycles. The number of H-pyrrole nitrogens is 1. The van der Waals surface area contributed by atoms with Crippen LogP contribution in [0.25, 0.3) is 27.6 Å². The molecule has 0 saturated heterocycles. The lowest BCUT2D eigenvalue weighted by Gasteiger charge is -2.08. The molecule has 3 aromatic carbocycles. The number of anilines is 3. The molecule has 178 valence electrons. The minimum atomic E-state index is -0.411. The predicted molar refractivity (Wildman–Crippen MR) is 140 cm³/mol. The summed E-state index contributed by atoms with van der Waals surface area (Å²) >= 11 is 0. The number of hydrogen-bond donors (Lipinski definition) is 3. The molecule has 36 heavy (non-hydrogen) atoms.